The van der Waals surface area contributed by atoms with Crippen molar-refractivity contribution in [2.24, 2.45) is 0 Å². The van der Waals surface area contributed by atoms with Crippen LogP contribution in [0.1, 0.15) is 240 Å². The van der Waals surface area contributed by atoms with E-state index in [2.05, 4.69) is 12.8 Å². The fraction of sp³-hybridized carbons (Fsp3) is 0.889. The summed E-state index contributed by atoms with van der Waals surface area (Å²) in [7, 11) is 0. The fourth-order valence-electron chi connectivity index (χ4n) is 0. The van der Waals surface area contributed by atoms with Crippen LogP contribution in [0.3, 0.4) is 0 Å². The smallest absolute Gasteiger partial charge is 0.124 e. The highest BCUT2D eigenvalue weighted by Gasteiger charge is 0.456. The van der Waals surface area contributed by atoms with Crippen molar-refractivity contribution in [1.29, 1.82) is 0 Å². The van der Waals surface area contributed by atoms with Crippen LogP contribution in [0.4, 0.5) is 0 Å². The Morgan fingerprint density at radius 1 is 0.167 bits per heavy atom. The maximum Gasteiger partial charge on any atom is 0.124 e. The van der Waals surface area contributed by atoms with Gasteiger partial charge >= 0.3 is 0 Å². The lowest BCUT2D eigenvalue weighted by atomic mass is 11.4. The van der Waals surface area contributed by atoms with Gasteiger partial charge in [0.15, 0.2) is 0 Å². The average molecular weight is 569 g/mol. The molecule has 0 rings (SSSR count). The van der Waals surface area contributed by atoms with E-state index in [1.807, 2.05) is 0 Å². The average Bonchev–Trinajstić information content (AvgIpc) is 1.39. The molecule has 0 saturated heterocycles. The van der Waals surface area contributed by atoms with E-state index < -0.39 is 0 Å². The van der Waals surface area contributed by atoms with E-state index in [0.717, 1.165) is 0 Å². The molecular formula is C36H132. The summed E-state index contributed by atoms with van der Waals surface area (Å²) in [6, 6.07) is 0. The molecule has 0 aromatic rings. The minimum absolute atomic E-state index is 0. The molecule has 0 atom stereocenters. The molecule has 0 unspecified atom stereocenters. The summed E-state index contributed by atoms with van der Waals surface area (Å²) in [5, 5.41) is 0. The number of rotatable bonds is 0. The van der Waals surface area contributed by atoms with Gasteiger partial charge in [-0.3, -0.25) is 0 Å². The third-order valence-electron chi connectivity index (χ3n) is 0. The summed E-state index contributed by atoms with van der Waals surface area (Å²) in [4.78, 5) is 0. The van der Waals surface area contributed by atoms with Gasteiger partial charge in [-0.2, -0.15) is 0 Å². The first-order chi connectivity index (χ1) is 2.83. The molecular weight excluding hydrogens is 432 g/mol. The molecule has 0 heterocycles. The number of hydrogen-bond acceptors (Lipinski definition) is 0. The normalized spacial score (nSPS) is 0.500. The zero-order chi connectivity index (χ0) is 5.41. The molecule has 0 N–H and O–H groups in total. The van der Waals surface area contributed by atoms with Crippen molar-refractivity contribution in [2.75, 3.05) is 0 Å². The van der Waals surface area contributed by atoms with Crippen LogP contribution in [-0.2, 0) is 0 Å². The van der Waals surface area contributed by atoms with Crippen molar-refractivity contribution in [1.82, 2.24) is 0 Å². The molecule has 36 heavy (non-hydrogen) atoms. The van der Waals surface area contributed by atoms with Gasteiger partial charge < -0.3 is 0 Å². The largest absolute Gasteiger partial charge is 0.124 e. The Hall–Kier alpha value is -0.880. The zero-order valence-electron chi connectivity index (χ0n) is 4.15. The van der Waals surface area contributed by atoms with Crippen molar-refractivity contribution in [2.45, 2.75) is 238 Å². The highest BCUT2D eigenvalue weighted by atomic mass is 12.6. The molecule has 0 aliphatic carbocycles. The van der Waals surface area contributed by atoms with E-state index in [1.165, 1.54) is 12.8 Å². The van der Waals surface area contributed by atoms with E-state index in [0.29, 0.717) is 0 Å². The zero-order valence-corrected chi connectivity index (χ0v) is 2.15. The second-order valence-corrected chi connectivity index (χ2v) is 0. The molecule has 0 spiro atoms. The Kier molecular flexibility index (Phi) is 5640000. The lowest BCUT2D eigenvalue weighted by molar-refractivity contribution is 2.50. The van der Waals surface area contributed by atoms with Crippen LogP contribution in [0.25, 0.3) is 0 Å². The van der Waals surface area contributed by atoms with Crippen molar-refractivity contribution in [3.63, 3.8) is 0 Å². The van der Waals surface area contributed by atoms with E-state index >= 15 is 0 Å². The van der Waals surface area contributed by atoms with Gasteiger partial charge in [-0.05, 0) is 0 Å². The summed E-state index contributed by atoms with van der Waals surface area (Å²) < 4.78 is 11.5. The third kappa shape index (κ3) is 44100. The molecule has 0 radical (unpaired) electrons. The van der Waals surface area contributed by atoms with Gasteiger partial charge in [0.1, 0.15) is 2.74 Å². The molecule has 0 aromatic carbocycles. The molecule has 0 saturated carbocycles. The van der Waals surface area contributed by atoms with Gasteiger partial charge in [0, 0.05) is 0 Å². The van der Waals surface area contributed by atoms with Gasteiger partial charge in [-0.15, -0.1) is 25.6 Å². The van der Waals surface area contributed by atoms with E-state index in [1.54, 1.807) is 0 Å². The van der Waals surface area contributed by atoms with Gasteiger partial charge in [0.2, 0.25) is 0 Å². The van der Waals surface area contributed by atoms with Gasteiger partial charge in [-0.25, -0.2) is 0 Å². The SMILES string of the molecule is C.C.C.C.C.C.C.C.C.C.C.C.C.C.C.C.C.C.C.C.C.C.C.C.C.C.C.C.C.C.C.C.[3H]C#C.[3H]C#C. The lowest BCUT2D eigenvalue weighted by Gasteiger charge is -0.701. The first-order valence-electron chi connectivity index (χ1n) is 1.58. The van der Waals surface area contributed by atoms with Crippen LogP contribution < -0.4 is 0 Å². The Morgan fingerprint density at radius 2 is 0.167 bits per heavy atom. The number of terminal acetylenes is 2. The summed E-state index contributed by atoms with van der Waals surface area (Å²) in [5.74, 6) is 0. The Morgan fingerprint density at radius 3 is 0.167 bits per heavy atom. The van der Waals surface area contributed by atoms with E-state index in [4.69, 9.17) is 2.74 Å². The second kappa shape index (κ2) is 48300. The van der Waals surface area contributed by atoms with Gasteiger partial charge in [0.25, 0.3) is 0 Å². The van der Waals surface area contributed by atoms with Crippen LogP contribution in [0.15, 0.2) is 0 Å². The molecule has 0 aromatic heterocycles. The predicted molar refractivity (Wildman–Crippen MR) is 235 cm³/mol. The topological polar surface area (TPSA) is 0 Å². The van der Waals surface area contributed by atoms with Gasteiger partial charge in [-0.1, -0.05) is 238 Å². The van der Waals surface area contributed by atoms with Crippen LogP contribution >= 0.6 is 0 Å². The Labute approximate surface area is 266 Å². The van der Waals surface area contributed by atoms with E-state index in [9.17, 15) is 0 Å². The molecule has 0 nitrogen and oxygen atoms in total. The molecule has 0 heteroatoms. The predicted octanol–water partition coefficient (Wildman–Crippen LogP) is 20.9. The first-order valence-corrected chi connectivity index (χ1v) is 0.577. The first kappa shape index (κ1) is 4200. The van der Waals surface area contributed by atoms with E-state index in [-0.39, 0.29) is 238 Å². The van der Waals surface area contributed by atoms with Gasteiger partial charge in [0.05, 0.1) is 0 Å². The lowest BCUT2D eigenvalue weighted by Crippen LogP contribution is -0.576. The van der Waals surface area contributed by atoms with Crippen molar-refractivity contribution in [3.05, 3.63) is 0 Å². The highest BCUT2D eigenvalue weighted by Crippen LogP contribution is 0.581. The summed E-state index contributed by atoms with van der Waals surface area (Å²) >= 11 is 0. The van der Waals surface area contributed by atoms with Crippen LogP contribution in [0.5, 0.6) is 0 Å². The fourth-order valence-corrected chi connectivity index (χ4v) is 0. The summed E-state index contributed by atoms with van der Waals surface area (Å²) in [6.07, 6.45) is 11.5. The van der Waals surface area contributed by atoms with Crippen LogP contribution in [0, 0.1) is 25.6 Å². The number of hydrogen-bond donors (Lipinski definition) is 0. The maximum atomic E-state index is 5.74. The molecule has 0 fully saturated rings. The monoisotopic (exact) mass is 569 g/mol. The second-order valence-electron chi connectivity index (χ2n) is 0. The molecule has 0 aliphatic heterocycles. The molecule has 276 valence electrons. The van der Waals surface area contributed by atoms with Crippen molar-refractivity contribution < 1.29 is 2.74 Å². The van der Waals surface area contributed by atoms with Crippen LogP contribution in [-0.4, -0.2) is 0 Å². The molecule has 0 amide bonds. The third-order valence-corrected chi connectivity index (χ3v) is 0. The Bertz CT molecular complexity index is 66.3. The summed E-state index contributed by atoms with van der Waals surface area (Å²) in [5.41, 5.74) is 0. The van der Waals surface area contributed by atoms with Crippen LogP contribution in [0.2, 0.25) is 0 Å². The standard InChI is InChI=1S/2C2H2.32CH4/c2*1-2;;;;;;;;;;;;;;;;;;;;;;;;;;;;;;;;/h2*1-2H;32*1H4/i2*1T;;;;;;;;;;;;;;;;;;;;;;;;;;;;;;;;. The summed E-state index contributed by atoms with van der Waals surface area (Å²) in [6.45, 7) is 0. The quantitative estimate of drug-likeness (QED) is 0.255. The minimum atomic E-state index is 0. The van der Waals surface area contributed by atoms with Crippen molar-refractivity contribution in [3.8, 4) is 25.6 Å². The minimum Gasteiger partial charge on any atom is -0.124 e. The van der Waals surface area contributed by atoms with Crippen molar-refractivity contribution >= 4 is 0 Å². The molecule has 0 aliphatic rings. The highest BCUT2D eigenvalue weighted by molar-refractivity contribution is 4.47. The Balaban J connectivity index is -0.000000000143. The molecule has 0 bridgehead atoms. The maximum absolute atomic E-state index is 5.74.